The molecule has 7 nitrogen and oxygen atoms in total. The molecule has 1 aromatic carbocycles. The number of aliphatic hydroxyl groups is 1. The van der Waals surface area contributed by atoms with Crippen molar-refractivity contribution in [2.75, 3.05) is 25.5 Å². The maximum absolute atomic E-state index is 13.0. The largest absolute Gasteiger partial charge is 0.497 e. The van der Waals surface area contributed by atoms with Crippen LogP contribution in [0.2, 0.25) is 0 Å². The third-order valence-corrected chi connectivity index (χ3v) is 6.45. The second-order valence-electron chi connectivity index (χ2n) is 7.19. The molecule has 3 aromatic rings. The van der Waals surface area contributed by atoms with Crippen molar-refractivity contribution < 1.29 is 14.6 Å². The molecule has 1 aliphatic rings. The zero-order valence-corrected chi connectivity index (χ0v) is 17.3. The summed E-state index contributed by atoms with van der Waals surface area (Å²) >= 11 is 1.40. The highest BCUT2D eigenvalue weighted by Gasteiger charge is 2.26. The molecule has 0 saturated carbocycles. The number of hydrogen-bond donors (Lipinski definition) is 2. The number of nitrogens with zero attached hydrogens (tertiary/aromatic N) is 3. The van der Waals surface area contributed by atoms with E-state index in [1.54, 1.807) is 7.11 Å². The number of likely N-dealkylation sites (tertiary alicyclic amines) is 1. The summed E-state index contributed by atoms with van der Waals surface area (Å²) in [4.78, 5) is 25.1. The molecule has 0 radical (unpaired) electrons. The van der Waals surface area contributed by atoms with Crippen LogP contribution in [-0.4, -0.2) is 52.2 Å². The fourth-order valence-electron chi connectivity index (χ4n) is 3.59. The van der Waals surface area contributed by atoms with Crippen LogP contribution in [0, 0.1) is 6.92 Å². The van der Waals surface area contributed by atoms with Crippen molar-refractivity contribution in [2.45, 2.75) is 32.4 Å². The number of piperidine rings is 1. The van der Waals surface area contributed by atoms with E-state index >= 15 is 0 Å². The maximum Gasteiger partial charge on any atom is 0.264 e. The van der Waals surface area contributed by atoms with E-state index in [1.165, 1.54) is 17.7 Å². The molecular weight excluding hydrogens is 388 g/mol. The monoisotopic (exact) mass is 412 g/mol. The number of carbonyl (C=O) groups excluding carboxylic acids is 1. The van der Waals surface area contributed by atoms with Gasteiger partial charge in [-0.15, -0.1) is 11.3 Å². The van der Waals surface area contributed by atoms with Crippen LogP contribution in [0.1, 0.15) is 33.6 Å². The molecule has 0 atom stereocenters. The first-order valence-electron chi connectivity index (χ1n) is 9.65. The van der Waals surface area contributed by atoms with E-state index in [4.69, 9.17) is 4.74 Å². The van der Waals surface area contributed by atoms with Gasteiger partial charge in [-0.05, 0) is 43.0 Å². The van der Waals surface area contributed by atoms with Crippen molar-refractivity contribution in [2.24, 2.45) is 0 Å². The van der Waals surface area contributed by atoms with Gasteiger partial charge in [0, 0.05) is 19.6 Å². The van der Waals surface area contributed by atoms with E-state index in [1.807, 2.05) is 36.1 Å². The maximum atomic E-state index is 13.0. The normalized spacial score (nSPS) is 14.9. The number of methoxy groups -OCH3 is 1. The average Bonchev–Trinajstić information content (AvgIpc) is 3.09. The predicted octanol–water partition coefficient (Wildman–Crippen LogP) is 3.22. The molecule has 8 heteroatoms. The minimum atomic E-state index is -0.305. The highest BCUT2D eigenvalue weighted by molar-refractivity contribution is 7.20. The number of anilines is 1. The summed E-state index contributed by atoms with van der Waals surface area (Å²) in [5, 5.41) is 14.0. The minimum absolute atomic E-state index is 0.0103. The molecular formula is C21H24N4O3S. The lowest BCUT2D eigenvalue weighted by Gasteiger charge is -2.29. The number of nitrogens with one attached hydrogen (secondary N) is 1. The highest BCUT2D eigenvalue weighted by Crippen LogP contribution is 2.34. The number of benzene rings is 1. The zero-order chi connectivity index (χ0) is 20.4. The van der Waals surface area contributed by atoms with Gasteiger partial charge in [-0.25, -0.2) is 9.97 Å². The summed E-state index contributed by atoms with van der Waals surface area (Å²) in [5.41, 5.74) is 1.97. The second kappa shape index (κ2) is 8.34. The van der Waals surface area contributed by atoms with Gasteiger partial charge in [-0.2, -0.15) is 0 Å². The Morgan fingerprint density at radius 1 is 1.34 bits per heavy atom. The Kier molecular flexibility index (Phi) is 5.64. The minimum Gasteiger partial charge on any atom is -0.497 e. The van der Waals surface area contributed by atoms with Gasteiger partial charge in [0.15, 0.2) is 0 Å². The molecule has 0 unspecified atom stereocenters. The lowest BCUT2D eigenvalue weighted by molar-refractivity contribution is 0.0550. The zero-order valence-electron chi connectivity index (χ0n) is 16.5. The summed E-state index contributed by atoms with van der Waals surface area (Å²) in [6.07, 6.45) is 2.48. The summed E-state index contributed by atoms with van der Waals surface area (Å²) in [7, 11) is 1.65. The molecule has 29 heavy (non-hydrogen) atoms. The van der Waals surface area contributed by atoms with Crippen LogP contribution in [0.4, 0.5) is 5.82 Å². The number of aryl methyl sites for hydroxylation is 1. The summed E-state index contributed by atoms with van der Waals surface area (Å²) in [5.74, 6) is 1.54. The third-order valence-electron chi connectivity index (χ3n) is 5.27. The second-order valence-corrected chi connectivity index (χ2v) is 8.19. The third kappa shape index (κ3) is 4.04. The van der Waals surface area contributed by atoms with Crippen molar-refractivity contribution in [3.8, 4) is 5.75 Å². The van der Waals surface area contributed by atoms with E-state index in [9.17, 15) is 9.90 Å². The lowest BCUT2D eigenvalue weighted by Crippen LogP contribution is -2.39. The van der Waals surface area contributed by atoms with Crippen molar-refractivity contribution in [1.82, 2.24) is 14.9 Å². The lowest BCUT2D eigenvalue weighted by atomic mass is 10.1. The smallest absolute Gasteiger partial charge is 0.264 e. The molecule has 3 heterocycles. The molecule has 1 fully saturated rings. The number of fused-ring (bicyclic) bond motifs is 1. The van der Waals surface area contributed by atoms with Gasteiger partial charge < -0.3 is 20.1 Å². The van der Waals surface area contributed by atoms with Crippen molar-refractivity contribution >= 4 is 33.3 Å². The van der Waals surface area contributed by atoms with Gasteiger partial charge in [0.1, 0.15) is 22.7 Å². The van der Waals surface area contributed by atoms with E-state index in [-0.39, 0.29) is 12.0 Å². The van der Waals surface area contributed by atoms with Gasteiger partial charge >= 0.3 is 0 Å². The highest BCUT2D eigenvalue weighted by atomic mass is 32.1. The first-order chi connectivity index (χ1) is 14.1. The summed E-state index contributed by atoms with van der Waals surface area (Å²) in [6.45, 7) is 3.71. The Morgan fingerprint density at radius 2 is 2.14 bits per heavy atom. The molecule has 0 spiro atoms. The van der Waals surface area contributed by atoms with E-state index in [0.29, 0.717) is 37.4 Å². The molecule has 1 amide bonds. The van der Waals surface area contributed by atoms with Crippen molar-refractivity contribution in [3.63, 3.8) is 0 Å². The van der Waals surface area contributed by atoms with Gasteiger partial charge in [0.2, 0.25) is 0 Å². The number of amides is 1. The van der Waals surface area contributed by atoms with Crippen molar-refractivity contribution in [1.29, 1.82) is 0 Å². The van der Waals surface area contributed by atoms with Crippen LogP contribution < -0.4 is 10.1 Å². The van der Waals surface area contributed by atoms with Gasteiger partial charge in [-0.3, -0.25) is 4.79 Å². The Bertz CT molecular complexity index is 1030. The first-order valence-corrected chi connectivity index (χ1v) is 10.5. The average molecular weight is 413 g/mol. The first kappa shape index (κ1) is 19.6. The fraction of sp³-hybridized carbons (Fsp3) is 0.381. The number of aromatic nitrogens is 2. The van der Waals surface area contributed by atoms with Crippen LogP contribution in [0.5, 0.6) is 5.75 Å². The fourth-order valence-corrected chi connectivity index (χ4v) is 4.71. The van der Waals surface area contributed by atoms with Crippen LogP contribution in [0.15, 0.2) is 30.6 Å². The van der Waals surface area contributed by atoms with Crippen molar-refractivity contribution in [3.05, 3.63) is 46.6 Å². The number of rotatable bonds is 5. The number of thiophene rings is 1. The van der Waals surface area contributed by atoms with Crippen LogP contribution in [0.3, 0.4) is 0 Å². The van der Waals surface area contributed by atoms with Crippen LogP contribution >= 0.6 is 11.3 Å². The Hall–Kier alpha value is -2.71. The SMILES string of the molecule is COc1cccc(CNc2ncnc3sc(C(=O)N4CCC(O)CC4)c(C)c23)c1. The Morgan fingerprint density at radius 3 is 2.90 bits per heavy atom. The standard InChI is InChI=1S/C21H24N4O3S/c1-13-17-19(22-11-14-4-3-5-16(10-14)28-2)23-12-24-20(17)29-18(13)21(27)25-8-6-15(26)7-9-25/h3-5,10,12,15,26H,6-9,11H2,1-2H3,(H,22,23,24). The van der Waals surface area contributed by atoms with E-state index in [0.717, 1.165) is 32.9 Å². The summed E-state index contributed by atoms with van der Waals surface area (Å²) in [6, 6.07) is 7.86. The number of carbonyl (C=O) groups is 1. The predicted molar refractivity (Wildman–Crippen MR) is 114 cm³/mol. The molecule has 0 bridgehead atoms. The molecule has 1 aliphatic heterocycles. The van der Waals surface area contributed by atoms with Gasteiger partial charge in [-0.1, -0.05) is 12.1 Å². The molecule has 2 aromatic heterocycles. The number of ether oxygens (including phenoxy) is 1. The molecule has 1 saturated heterocycles. The van der Waals surface area contributed by atoms with E-state index in [2.05, 4.69) is 15.3 Å². The molecule has 152 valence electrons. The molecule has 0 aliphatic carbocycles. The van der Waals surface area contributed by atoms with Crippen LogP contribution in [-0.2, 0) is 6.54 Å². The van der Waals surface area contributed by atoms with E-state index < -0.39 is 0 Å². The van der Waals surface area contributed by atoms with Crippen LogP contribution in [0.25, 0.3) is 10.2 Å². The van der Waals surface area contributed by atoms with Gasteiger partial charge in [0.25, 0.3) is 5.91 Å². The quantitative estimate of drug-likeness (QED) is 0.669. The Balaban J connectivity index is 1.58. The summed E-state index contributed by atoms with van der Waals surface area (Å²) < 4.78 is 5.28. The topological polar surface area (TPSA) is 87.6 Å². The number of aliphatic hydroxyl groups excluding tert-OH is 1. The molecule has 4 rings (SSSR count). The Labute approximate surface area is 173 Å². The van der Waals surface area contributed by atoms with Gasteiger partial charge in [0.05, 0.1) is 23.5 Å². The molecule has 2 N–H and O–H groups in total. The number of hydrogen-bond acceptors (Lipinski definition) is 7.